The van der Waals surface area contributed by atoms with Crippen molar-refractivity contribution >= 4 is 35.0 Å². The fraction of sp³-hybridized carbons (Fsp3) is 0.500. The predicted octanol–water partition coefficient (Wildman–Crippen LogP) is 1.81. The van der Waals surface area contributed by atoms with Crippen molar-refractivity contribution in [2.24, 2.45) is 0 Å². The van der Waals surface area contributed by atoms with Crippen LogP contribution in [0.25, 0.3) is 0 Å². The summed E-state index contributed by atoms with van der Waals surface area (Å²) in [6, 6.07) is 1.98. The maximum atomic E-state index is 12.2. The SMILES string of the molecule is O=C(NC1(C(=O)O)CC1)C1SCCc2sccc21. The normalized spacial score (nSPS) is 24.1. The Morgan fingerprint density at radius 3 is 2.89 bits per heavy atom. The number of thioether (sulfide) groups is 1. The van der Waals surface area contributed by atoms with Gasteiger partial charge < -0.3 is 10.4 Å². The molecule has 3 rings (SSSR count). The number of carbonyl (C=O) groups excluding carboxylic acids is 1. The first-order valence-corrected chi connectivity index (χ1v) is 7.78. The van der Waals surface area contributed by atoms with Crippen molar-refractivity contribution in [3.05, 3.63) is 21.9 Å². The molecule has 2 N–H and O–H groups in total. The number of aryl methyl sites for hydroxylation is 1. The van der Waals surface area contributed by atoms with Crippen LogP contribution in [0.5, 0.6) is 0 Å². The molecular weight excluding hydrogens is 270 g/mol. The molecule has 1 amide bonds. The lowest BCUT2D eigenvalue weighted by molar-refractivity contribution is -0.143. The van der Waals surface area contributed by atoms with Crippen LogP contribution in [0.4, 0.5) is 0 Å². The molecule has 1 aliphatic heterocycles. The molecule has 2 aliphatic rings. The van der Waals surface area contributed by atoms with Crippen LogP contribution in [0.1, 0.15) is 28.5 Å². The second-order valence-corrected chi connectivity index (χ2v) is 6.89. The molecule has 1 fully saturated rings. The molecule has 6 heteroatoms. The van der Waals surface area contributed by atoms with Gasteiger partial charge in [0.2, 0.25) is 5.91 Å². The Kier molecular flexibility index (Phi) is 2.86. The van der Waals surface area contributed by atoms with Gasteiger partial charge in [0.05, 0.1) is 0 Å². The van der Waals surface area contributed by atoms with Crippen molar-refractivity contribution in [1.29, 1.82) is 0 Å². The highest BCUT2D eigenvalue weighted by atomic mass is 32.2. The molecule has 1 saturated carbocycles. The summed E-state index contributed by atoms with van der Waals surface area (Å²) >= 11 is 3.28. The van der Waals surface area contributed by atoms with Gasteiger partial charge in [-0.3, -0.25) is 4.79 Å². The summed E-state index contributed by atoms with van der Waals surface area (Å²) in [5.74, 6) is -0.146. The molecule has 1 aromatic rings. The van der Waals surface area contributed by atoms with Crippen LogP contribution in [-0.2, 0) is 16.0 Å². The number of hydrogen-bond donors (Lipinski definition) is 2. The van der Waals surface area contributed by atoms with E-state index < -0.39 is 11.5 Å². The molecule has 1 atom stereocenters. The lowest BCUT2D eigenvalue weighted by Crippen LogP contribution is -2.45. The summed E-state index contributed by atoms with van der Waals surface area (Å²) in [5, 5.41) is 13.6. The number of hydrogen-bond acceptors (Lipinski definition) is 4. The van der Waals surface area contributed by atoms with Crippen molar-refractivity contribution in [2.75, 3.05) is 5.75 Å². The van der Waals surface area contributed by atoms with E-state index in [1.807, 2.05) is 11.4 Å². The Labute approximate surface area is 113 Å². The number of fused-ring (bicyclic) bond motifs is 1. The monoisotopic (exact) mass is 283 g/mol. The van der Waals surface area contributed by atoms with Crippen molar-refractivity contribution in [3.63, 3.8) is 0 Å². The fourth-order valence-corrected chi connectivity index (χ4v) is 4.48. The quantitative estimate of drug-likeness (QED) is 0.888. The van der Waals surface area contributed by atoms with Gasteiger partial charge in [0, 0.05) is 4.88 Å². The molecule has 18 heavy (non-hydrogen) atoms. The van der Waals surface area contributed by atoms with E-state index in [4.69, 9.17) is 5.11 Å². The first kappa shape index (κ1) is 12.0. The second-order valence-electron chi connectivity index (χ2n) is 4.68. The Balaban J connectivity index is 1.77. The largest absolute Gasteiger partial charge is 0.480 e. The van der Waals surface area contributed by atoms with E-state index in [9.17, 15) is 9.59 Å². The summed E-state index contributed by atoms with van der Waals surface area (Å²) in [7, 11) is 0. The maximum Gasteiger partial charge on any atom is 0.329 e. The minimum atomic E-state index is -0.981. The summed E-state index contributed by atoms with van der Waals surface area (Å²) < 4.78 is 0. The van der Waals surface area contributed by atoms with Gasteiger partial charge in [-0.25, -0.2) is 4.79 Å². The minimum absolute atomic E-state index is 0.153. The van der Waals surface area contributed by atoms with Crippen LogP contribution < -0.4 is 5.32 Å². The molecule has 1 aliphatic carbocycles. The van der Waals surface area contributed by atoms with Crippen LogP contribution in [0.3, 0.4) is 0 Å². The molecule has 1 aromatic heterocycles. The number of carboxylic acid groups (broad SMARTS) is 1. The Morgan fingerprint density at radius 1 is 1.44 bits per heavy atom. The number of carboxylic acids is 1. The third-order valence-electron chi connectivity index (χ3n) is 3.44. The summed E-state index contributed by atoms with van der Waals surface area (Å²) in [4.78, 5) is 24.6. The van der Waals surface area contributed by atoms with Crippen molar-refractivity contribution < 1.29 is 14.7 Å². The van der Waals surface area contributed by atoms with E-state index in [-0.39, 0.29) is 11.2 Å². The molecular formula is C12H13NO3S2. The van der Waals surface area contributed by atoms with Gasteiger partial charge in [-0.2, -0.15) is 0 Å². The Bertz CT molecular complexity index is 507. The third-order valence-corrected chi connectivity index (χ3v) is 5.67. The van der Waals surface area contributed by atoms with Gasteiger partial charge in [0.1, 0.15) is 10.8 Å². The molecule has 96 valence electrons. The topological polar surface area (TPSA) is 66.4 Å². The van der Waals surface area contributed by atoms with Gasteiger partial charge in [0.25, 0.3) is 0 Å². The van der Waals surface area contributed by atoms with E-state index in [0.717, 1.165) is 17.7 Å². The average Bonchev–Trinajstić information content (AvgIpc) is 2.97. The molecule has 0 radical (unpaired) electrons. The molecule has 4 nitrogen and oxygen atoms in total. The van der Waals surface area contributed by atoms with E-state index in [1.165, 1.54) is 4.88 Å². The zero-order valence-electron chi connectivity index (χ0n) is 9.64. The standard InChI is InChI=1S/C12H13NO3S2/c14-10(13-12(3-4-12)11(15)16)9-7-1-5-17-8(7)2-6-18-9/h1,5,9H,2-4,6H2,(H,13,14)(H,15,16). The molecule has 1 unspecified atom stereocenters. The van der Waals surface area contributed by atoms with Crippen molar-refractivity contribution in [1.82, 2.24) is 5.32 Å². The number of rotatable bonds is 3. The van der Waals surface area contributed by atoms with Gasteiger partial charge in [0.15, 0.2) is 0 Å². The van der Waals surface area contributed by atoms with Crippen LogP contribution in [0, 0.1) is 0 Å². The Morgan fingerprint density at radius 2 is 2.22 bits per heavy atom. The highest BCUT2D eigenvalue weighted by Gasteiger charge is 2.52. The lowest BCUT2D eigenvalue weighted by Gasteiger charge is -2.23. The molecule has 2 heterocycles. The van der Waals surface area contributed by atoms with E-state index >= 15 is 0 Å². The van der Waals surface area contributed by atoms with Crippen molar-refractivity contribution in [3.8, 4) is 0 Å². The van der Waals surface area contributed by atoms with Gasteiger partial charge >= 0.3 is 5.97 Å². The third kappa shape index (κ3) is 1.93. The zero-order valence-corrected chi connectivity index (χ0v) is 11.3. The maximum absolute atomic E-state index is 12.2. The van der Waals surface area contributed by atoms with E-state index in [2.05, 4.69) is 5.32 Å². The van der Waals surface area contributed by atoms with E-state index in [0.29, 0.717) is 12.8 Å². The number of carbonyl (C=O) groups is 2. The smallest absolute Gasteiger partial charge is 0.329 e. The first-order chi connectivity index (χ1) is 8.62. The van der Waals surface area contributed by atoms with Gasteiger partial charge in [-0.05, 0) is 42.0 Å². The second kappa shape index (κ2) is 4.28. The number of nitrogens with one attached hydrogen (secondary N) is 1. The minimum Gasteiger partial charge on any atom is -0.480 e. The molecule has 0 spiro atoms. The first-order valence-electron chi connectivity index (χ1n) is 5.86. The summed E-state index contributed by atoms with van der Waals surface area (Å²) in [6.07, 6.45) is 2.09. The molecule has 0 bridgehead atoms. The molecule has 0 aromatic carbocycles. The average molecular weight is 283 g/mol. The highest BCUT2D eigenvalue weighted by molar-refractivity contribution is 8.00. The Hall–Kier alpha value is -1.01. The van der Waals surface area contributed by atoms with E-state index in [1.54, 1.807) is 23.1 Å². The van der Waals surface area contributed by atoms with Crippen LogP contribution in [-0.4, -0.2) is 28.3 Å². The number of thiophene rings is 1. The van der Waals surface area contributed by atoms with Crippen LogP contribution in [0.15, 0.2) is 11.4 Å². The predicted molar refractivity (Wildman–Crippen MR) is 71.0 cm³/mol. The summed E-state index contributed by atoms with van der Waals surface area (Å²) in [6.45, 7) is 0. The number of aliphatic carboxylic acids is 1. The fourth-order valence-electron chi connectivity index (χ4n) is 2.18. The lowest BCUT2D eigenvalue weighted by atomic mass is 10.1. The number of amides is 1. The van der Waals surface area contributed by atoms with Gasteiger partial charge in [-0.15, -0.1) is 23.1 Å². The zero-order chi connectivity index (χ0) is 12.8. The van der Waals surface area contributed by atoms with Crippen LogP contribution >= 0.6 is 23.1 Å². The highest BCUT2D eigenvalue weighted by Crippen LogP contribution is 2.42. The molecule has 0 saturated heterocycles. The van der Waals surface area contributed by atoms with Crippen molar-refractivity contribution in [2.45, 2.75) is 30.1 Å². The van der Waals surface area contributed by atoms with Crippen LogP contribution in [0.2, 0.25) is 0 Å². The van der Waals surface area contributed by atoms with Gasteiger partial charge in [-0.1, -0.05) is 0 Å². The summed E-state index contributed by atoms with van der Waals surface area (Å²) in [5.41, 5.74) is 0.0839.